The van der Waals surface area contributed by atoms with Gasteiger partial charge in [-0.2, -0.15) is 0 Å². The second-order valence-electron chi connectivity index (χ2n) is 3.43. The molecule has 86 valence electrons. The van der Waals surface area contributed by atoms with Crippen LogP contribution in [0.15, 0.2) is 60.8 Å². The molecule has 3 rings (SSSR count). The smallest absolute Gasteiger partial charge is 0.162 e. The highest BCUT2D eigenvalue weighted by Gasteiger charge is 2.01. The minimum atomic E-state index is 0.322. The van der Waals surface area contributed by atoms with Crippen molar-refractivity contribution in [2.24, 2.45) is 0 Å². The van der Waals surface area contributed by atoms with Crippen molar-refractivity contribution in [1.29, 1.82) is 0 Å². The molecule has 2 aromatic rings. The number of phenolic OH excluding ortho intramolecular Hbond substituents is 1. The van der Waals surface area contributed by atoms with Crippen molar-refractivity contribution in [2.45, 2.75) is 0 Å². The molecule has 0 bridgehead atoms. The quantitative estimate of drug-likeness (QED) is 0.727. The van der Waals surface area contributed by atoms with Crippen LogP contribution in [-0.4, -0.2) is 5.11 Å². The Labute approximate surface area is 99.9 Å². The number of nitrogens with one attached hydrogen (secondary N) is 1. The third-order valence-corrected chi connectivity index (χ3v) is 2.18. The normalized spacial score (nSPS) is 11.3. The van der Waals surface area contributed by atoms with E-state index in [2.05, 4.69) is 5.48 Å². The van der Waals surface area contributed by atoms with Crippen molar-refractivity contribution in [1.82, 2.24) is 5.48 Å². The maximum atomic E-state index is 8.63. The Kier molecular flexibility index (Phi) is 3.65. The van der Waals surface area contributed by atoms with Crippen molar-refractivity contribution in [3.63, 3.8) is 0 Å². The summed E-state index contributed by atoms with van der Waals surface area (Å²) in [7, 11) is 0. The van der Waals surface area contributed by atoms with Crippen LogP contribution < -0.4 is 10.3 Å². The zero-order valence-electron chi connectivity index (χ0n) is 9.21. The molecular weight excluding hydrogens is 214 g/mol. The predicted molar refractivity (Wildman–Crippen MR) is 67.3 cm³/mol. The molecule has 0 unspecified atom stereocenters. The number of hydrogen-bond acceptors (Lipinski definition) is 3. The Morgan fingerprint density at radius 1 is 0.882 bits per heavy atom. The maximum absolute atomic E-state index is 8.63. The van der Waals surface area contributed by atoms with Gasteiger partial charge in [-0.1, -0.05) is 36.4 Å². The molecule has 0 aliphatic carbocycles. The SMILES string of the molecule is C1=Cc2ccccc2ON1.Oc1ccccc1. The van der Waals surface area contributed by atoms with Gasteiger partial charge in [0.1, 0.15) is 5.75 Å². The fraction of sp³-hybridized carbons (Fsp3) is 0. The van der Waals surface area contributed by atoms with Crippen LogP contribution in [0.3, 0.4) is 0 Å². The highest BCUT2D eigenvalue weighted by atomic mass is 16.6. The molecule has 0 aromatic heterocycles. The Balaban J connectivity index is 0.000000136. The number of rotatable bonds is 0. The lowest BCUT2D eigenvalue weighted by Gasteiger charge is -2.11. The van der Waals surface area contributed by atoms with E-state index in [0.717, 1.165) is 11.3 Å². The van der Waals surface area contributed by atoms with Crippen LogP contribution in [0, 0.1) is 0 Å². The fourth-order valence-corrected chi connectivity index (χ4v) is 1.36. The van der Waals surface area contributed by atoms with Gasteiger partial charge in [0.15, 0.2) is 5.75 Å². The van der Waals surface area contributed by atoms with E-state index in [-0.39, 0.29) is 0 Å². The van der Waals surface area contributed by atoms with E-state index in [1.807, 2.05) is 36.4 Å². The molecule has 0 amide bonds. The average Bonchev–Trinajstić information content (AvgIpc) is 2.41. The highest BCUT2D eigenvalue weighted by molar-refractivity contribution is 5.57. The largest absolute Gasteiger partial charge is 0.508 e. The van der Waals surface area contributed by atoms with Crippen LogP contribution in [0.25, 0.3) is 6.08 Å². The van der Waals surface area contributed by atoms with Crippen molar-refractivity contribution >= 4 is 6.08 Å². The minimum Gasteiger partial charge on any atom is -0.508 e. The van der Waals surface area contributed by atoms with Crippen LogP contribution in [0.2, 0.25) is 0 Å². The number of fused-ring (bicyclic) bond motifs is 1. The molecule has 0 saturated heterocycles. The molecule has 1 aliphatic rings. The predicted octanol–water partition coefficient (Wildman–Crippen LogP) is 2.95. The number of aromatic hydroxyl groups is 1. The summed E-state index contributed by atoms with van der Waals surface area (Å²) in [4.78, 5) is 5.09. The van der Waals surface area contributed by atoms with Gasteiger partial charge in [0, 0.05) is 11.8 Å². The van der Waals surface area contributed by atoms with Crippen molar-refractivity contribution in [3.05, 3.63) is 66.4 Å². The lowest BCUT2D eigenvalue weighted by molar-refractivity contribution is 0.239. The van der Waals surface area contributed by atoms with Gasteiger partial charge >= 0.3 is 0 Å². The molecule has 17 heavy (non-hydrogen) atoms. The Bertz CT molecular complexity index is 495. The highest BCUT2D eigenvalue weighted by Crippen LogP contribution is 2.20. The van der Waals surface area contributed by atoms with Gasteiger partial charge in [-0.3, -0.25) is 0 Å². The van der Waals surface area contributed by atoms with Crippen LogP contribution >= 0.6 is 0 Å². The standard InChI is InChI=1S/C8H7NO.C6H6O/c1-2-4-8-7(3-1)5-6-9-10-8;7-6-4-2-1-3-5-6/h1-6,9H;1-5,7H. The van der Waals surface area contributed by atoms with Crippen molar-refractivity contribution < 1.29 is 9.94 Å². The molecule has 0 radical (unpaired) electrons. The van der Waals surface area contributed by atoms with Crippen molar-refractivity contribution in [2.75, 3.05) is 0 Å². The van der Waals surface area contributed by atoms with Crippen molar-refractivity contribution in [3.8, 4) is 11.5 Å². The van der Waals surface area contributed by atoms with Crippen LogP contribution in [0.1, 0.15) is 5.56 Å². The summed E-state index contributed by atoms with van der Waals surface area (Å²) in [6.07, 6.45) is 3.74. The summed E-state index contributed by atoms with van der Waals surface area (Å²) in [6, 6.07) is 16.6. The zero-order chi connectivity index (χ0) is 11.9. The van der Waals surface area contributed by atoms with Gasteiger partial charge in [0.25, 0.3) is 0 Å². The van der Waals surface area contributed by atoms with E-state index < -0.39 is 0 Å². The van der Waals surface area contributed by atoms with Gasteiger partial charge in [0.2, 0.25) is 0 Å². The molecule has 3 heteroatoms. The molecule has 1 heterocycles. The average molecular weight is 227 g/mol. The first-order chi connectivity index (χ1) is 8.36. The lowest BCUT2D eigenvalue weighted by Crippen LogP contribution is -2.13. The summed E-state index contributed by atoms with van der Waals surface area (Å²) in [5, 5.41) is 8.63. The fourth-order valence-electron chi connectivity index (χ4n) is 1.36. The summed E-state index contributed by atoms with van der Waals surface area (Å²) >= 11 is 0. The first-order valence-corrected chi connectivity index (χ1v) is 5.28. The maximum Gasteiger partial charge on any atom is 0.162 e. The number of hydroxylamine groups is 1. The molecule has 1 aliphatic heterocycles. The number of hydrogen-bond donors (Lipinski definition) is 2. The van der Waals surface area contributed by atoms with E-state index in [4.69, 9.17) is 9.94 Å². The van der Waals surface area contributed by atoms with Gasteiger partial charge in [-0.05, 0) is 24.3 Å². The molecule has 0 spiro atoms. The molecule has 0 fully saturated rings. The van der Waals surface area contributed by atoms with Crippen LogP contribution in [0.4, 0.5) is 0 Å². The molecule has 3 nitrogen and oxygen atoms in total. The van der Waals surface area contributed by atoms with Gasteiger partial charge in [-0.15, -0.1) is 0 Å². The van der Waals surface area contributed by atoms with E-state index >= 15 is 0 Å². The summed E-state index contributed by atoms with van der Waals surface area (Å²) in [5.74, 6) is 1.20. The van der Waals surface area contributed by atoms with Gasteiger partial charge in [0.05, 0.1) is 0 Å². The second-order valence-corrected chi connectivity index (χ2v) is 3.43. The minimum absolute atomic E-state index is 0.322. The monoisotopic (exact) mass is 227 g/mol. The zero-order valence-corrected chi connectivity index (χ0v) is 9.21. The Morgan fingerprint density at radius 3 is 2.24 bits per heavy atom. The van der Waals surface area contributed by atoms with E-state index in [0.29, 0.717) is 5.75 Å². The second kappa shape index (κ2) is 5.61. The van der Waals surface area contributed by atoms with Gasteiger partial charge in [-0.25, -0.2) is 5.48 Å². The first kappa shape index (κ1) is 11.1. The molecule has 0 atom stereocenters. The van der Waals surface area contributed by atoms with Crippen LogP contribution in [0.5, 0.6) is 11.5 Å². The Morgan fingerprint density at radius 2 is 1.59 bits per heavy atom. The van der Waals surface area contributed by atoms with Gasteiger partial charge < -0.3 is 9.94 Å². The molecule has 2 aromatic carbocycles. The third kappa shape index (κ3) is 3.28. The van der Waals surface area contributed by atoms with E-state index in [1.165, 1.54) is 0 Å². The molecule has 0 saturated carbocycles. The summed E-state index contributed by atoms with van der Waals surface area (Å²) in [5.41, 5.74) is 3.77. The molecular formula is C14H13NO2. The van der Waals surface area contributed by atoms with E-state index in [1.54, 1.807) is 30.5 Å². The number of para-hydroxylation sites is 2. The summed E-state index contributed by atoms with van der Waals surface area (Å²) in [6.45, 7) is 0. The first-order valence-electron chi connectivity index (χ1n) is 5.28. The third-order valence-electron chi connectivity index (χ3n) is 2.18. The summed E-state index contributed by atoms with van der Waals surface area (Å²) < 4.78 is 0. The van der Waals surface area contributed by atoms with E-state index in [9.17, 15) is 0 Å². The van der Waals surface area contributed by atoms with Crippen LogP contribution in [-0.2, 0) is 0 Å². The number of benzene rings is 2. The topological polar surface area (TPSA) is 41.5 Å². The Hall–Kier alpha value is -2.42. The molecule has 2 N–H and O–H groups in total. The number of phenols is 1. The lowest BCUT2D eigenvalue weighted by atomic mass is 10.2.